The lowest BCUT2D eigenvalue weighted by Crippen LogP contribution is -2.41. The molecule has 2 amide bonds. The van der Waals surface area contributed by atoms with Gasteiger partial charge in [0.1, 0.15) is 6.10 Å². The maximum Gasteiger partial charge on any atom is 0.251 e. The largest absolute Gasteiger partial charge is 0.369 e. The lowest BCUT2D eigenvalue weighted by molar-refractivity contribution is -0.144. The smallest absolute Gasteiger partial charge is 0.251 e. The summed E-state index contributed by atoms with van der Waals surface area (Å²) in [4.78, 5) is 25.4. The number of hydrogen-bond acceptors (Lipinski definition) is 3. The van der Waals surface area contributed by atoms with Crippen LogP contribution in [0, 0.1) is 0 Å². The molecule has 0 spiro atoms. The van der Waals surface area contributed by atoms with Crippen molar-refractivity contribution in [1.82, 2.24) is 4.90 Å². The first-order valence-electron chi connectivity index (χ1n) is 6.90. The van der Waals surface area contributed by atoms with Crippen LogP contribution >= 0.6 is 11.6 Å². The number of benzene rings is 1. The molecule has 0 saturated carbocycles. The van der Waals surface area contributed by atoms with E-state index in [0.29, 0.717) is 23.7 Å². The minimum Gasteiger partial charge on any atom is -0.369 e. The van der Waals surface area contributed by atoms with E-state index in [-0.39, 0.29) is 18.4 Å². The number of anilines is 1. The molecule has 1 rings (SSSR count). The van der Waals surface area contributed by atoms with E-state index >= 15 is 0 Å². The summed E-state index contributed by atoms with van der Waals surface area (Å²) in [6, 6.07) is 6.95. The van der Waals surface area contributed by atoms with Gasteiger partial charge in [-0.15, -0.1) is 0 Å². The number of likely N-dealkylation sites (N-methyl/N-ethyl adjacent to an activating group) is 1. The Hall–Kier alpha value is -1.59. The van der Waals surface area contributed by atoms with Gasteiger partial charge < -0.3 is 15.0 Å². The molecular formula is C15H21ClN2O3. The lowest BCUT2D eigenvalue weighted by Gasteiger charge is -2.22. The standard InChI is InChI=1S/C15H21ClN2O3/c1-4-13(21-5-2)15(20)18(3)10-14(19)17-12-9-7-6-8-11(12)16/h6-9,13H,4-5,10H2,1-3H3,(H,17,19). The van der Waals surface area contributed by atoms with Crippen LogP contribution in [0.25, 0.3) is 0 Å². The van der Waals surface area contributed by atoms with Crippen molar-refractivity contribution >= 4 is 29.1 Å². The van der Waals surface area contributed by atoms with Gasteiger partial charge in [0.25, 0.3) is 5.91 Å². The van der Waals surface area contributed by atoms with E-state index in [1.54, 1.807) is 31.3 Å². The highest BCUT2D eigenvalue weighted by Gasteiger charge is 2.22. The van der Waals surface area contributed by atoms with Crippen LogP contribution in [-0.2, 0) is 14.3 Å². The Morgan fingerprint density at radius 2 is 2.00 bits per heavy atom. The topological polar surface area (TPSA) is 58.6 Å². The molecule has 1 aromatic carbocycles. The number of nitrogens with one attached hydrogen (secondary N) is 1. The number of nitrogens with zero attached hydrogens (tertiary/aromatic N) is 1. The van der Waals surface area contributed by atoms with Crippen molar-refractivity contribution in [2.45, 2.75) is 26.4 Å². The maximum atomic E-state index is 12.1. The number of rotatable bonds is 7. The number of hydrogen-bond donors (Lipinski definition) is 1. The molecule has 0 heterocycles. The molecule has 0 bridgehead atoms. The molecule has 0 aliphatic carbocycles. The third-order valence-electron chi connectivity index (χ3n) is 2.92. The van der Waals surface area contributed by atoms with E-state index in [9.17, 15) is 9.59 Å². The molecule has 116 valence electrons. The fourth-order valence-electron chi connectivity index (χ4n) is 1.86. The number of para-hydroxylation sites is 1. The van der Waals surface area contributed by atoms with Crippen molar-refractivity contribution in [3.8, 4) is 0 Å². The van der Waals surface area contributed by atoms with E-state index in [1.807, 2.05) is 13.8 Å². The number of carbonyl (C=O) groups is 2. The highest BCUT2D eigenvalue weighted by atomic mass is 35.5. The monoisotopic (exact) mass is 312 g/mol. The zero-order valence-electron chi connectivity index (χ0n) is 12.6. The van der Waals surface area contributed by atoms with E-state index in [2.05, 4.69) is 5.32 Å². The number of amides is 2. The highest BCUT2D eigenvalue weighted by molar-refractivity contribution is 6.33. The van der Waals surface area contributed by atoms with Crippen molar-refractivity contribution in [3.63, 3.8) is 0 Å². The first-order chi connectivity index (χ1) is 9.99. The zero-order valence-corrected chi connectivity index (χ0v) is 13.3. The first kappa shape index (κ1) is 17.5. The molecule has 0 saturated heterocycles. The molecule has 6 heteroatoms. The van der Waals surface area contributed by atoms with Crippen molar-refractivity contribution in [3.05, 3.63) is 29.3 Å². The molecule has 1 atom stereocenters. The Kier molecular flexibility index (Phi) is 7.19. The predicted octanol–water partition coefficient (Wildman–Crippen LogP) is 2.55. The molecule has 0 fully saturated rings. The summed E-state index contributed by atoms with van der Waals surface area (Å²) in [6.45, 7) is 4.12. The zero-order chi connectivity index (χ0) is 15.8. The van der Waals surface area contributed by atoms with Crippen LogP contribution in [0.5, 0.6) is 0 Å². The fourth-order valence-corrected chi connectivity index (χ4v) is 2.04. The summed E-state index contributed by atoms with van der Waals surface area (Å²) in [6.07, 6.45) is 0.0662. The Labute approximate surface area is 130 Å². The summed E-state index contributed by atoms with van der Waals surface area (Å²) in [5, 5.41) is 3.14. The van der Waals surface area contributed by atoms with Gasteiger partial charge in [-0.1, -0.05) is 30.7 Å². The molecule has 0 aliphatic heterocycles. The second-order valence-corrected chi connectivity index (χ2v) is 4.98. The first-order valence-corrected chi connectivity index (χ1v) is 7.28. The Bertz CT molecular complexity index is 494. The van der Waals surface area contributed by atoms with Gasteiger partial charge in [0.15, 0.2) is 0 Å². The molecule has 5 nitrogen and oxygen atoms in total. The molecule has 21 heavy (non-hydrogen) atoms. The SMILES string of the molecule is CCOC(CC)C(=O)N(C)CC(=O)Nc1ccccc1Cl. The van der Waals surface area contributed by atoms with E-state index in [1.165, 1.54) is 4.90 Å². The number of ether oxygens (including phenoxy) is 1. The average molecular weight is 313 g/mol. The maximum absolute atomic E-state index is 12.1. The normalized spacial score (nSPS) is 11.8. The molecular weight excluding hydrogens is 292 g/mol. The van der Waals surface area contributed by atoms with Crippen LogP contribution in [0.2, 0.25) is 5.02 Å². The van der Waals surface area contributed by atoms with Gasteiger partial charge in [-0.05, 0) is 25.5 Å². The van der Waals surface area contributed by atoms with Crippen LogP contribution in [0.1, 0.15) is 20.3 Å². The van der Waals surface area contributed by atoms with Crippen LogP contribution in [0.4, 0.5) is 5.69 Å². The summed E-state index contributed by atoms with van der Waals surface area (Å²) < 4.78 is 5.35. The third kappa shape index (κ3) is 5.36. The quantitative estimate of drug-likeness (QED) is 0.841. The molecule has 1 N–H and O–H groups in total. The van der Waals surface area contributed by atoms with Gasteiger partial charge >= 0.3 is 0 Å². The second kappa shape index (κ2) is 8.64. The van der Waals surface area contributed by atoms with E-state index in [4.69, 9.17) is 16.3 Å². The number of halogens is 1. The van der Waals surface area contributed by atoms with Gasteiger partial charge in [0.05, 0.1) is 17.3 Å². The van der Waals surface area contributed by atoms with Gasteiger partial charge in [0, 0.05) is 13.7 Å². The van der Waals surface area contributed by atoms with Gasteiger partial charge in [0.2, 0.25) is 5.91 Å². The van der Waals surface area contributed by atoms with Crippen LogP contribution in [0.3, 0.4) is 0 Å². The van der Waals surface area contributed by atoms with Crippen molar-refractivity contribution < 1.29 is 14.3 Å². The van der Waals surface area contributed by atoms with Crippen molar-refractivity contribution in [1.29, 1.82) is 0 Å². The molecule has 1 unspecified atom stereocenters. The van der Waals surface area contributed by atoms with Crippen molar-refractivity contribution in [2.75, 3.05) is 25.5 Å². The predicted molar refractivity (Wildman–Crippen MR) is 83.4 cm³/mol. The lowest BCUT2D eigenvalue weighted by atomic mass is 10.2. The van der Waals surface area contributed by atoms with E-state index in [0.717, 1.165) is 0 Å². The second-order valence-electron chi connectivity index (χ2n) is 4.57. The van der Waals surface area contributed by atoms with Crippen LogP contribution in [-0.4, -0.2) is 43.0 Å². The summed E-state index contributed by atoms with van der Waals surface area (Å²) in [5.74, 6) is -0.501. The third-order valence-corrected chi connectivity index (χ3v) is 3.25. The van der Waals surface area contributed by atoms with Gasteiger partial charge in [-0.2, -0.15) is 0 Å². The summed E-state index contributed by atoms with van der Waals surface area (Å²) in [7, 11) is 1.58. The van der Waals surface area contributed by atoms with E-state index < -0.39 is 6.10 Å². The van der Waals surface area contributed by atoms with Gasteiger partial charge in [-0.25, -0.2) is 0 Å². The Balaban J connectivity index is 2.58. The number of carbonyl (C=O) groups excluding carboxylic acids is 2. The Morgan fingerprint density at radius 3 is 2.57 bits per heavy atom. The fraction of sp³-hybridized carbons (Fsp3) is 0.467. The molecule has 0 aliphatic rings. The average Bonchev–Trinajstić information content (AvgIpc) is 2.46. The van der Waals surface area contributed by atoms with Gasteiger partial charge in [-0.3, -0.25) is 9.59 Å². The summed E-state index contributed by atoms with van der Waals surface area (Å²) >= 11 is 5.97. The molecule has 0 aromatic heterocycles. The molecule has 1 aromatic rings. The summed E-state index contributed by atoms with van der Waals surface area (Å²) in [5.41, 5.74) is 0.530. The molecule has 0 radical (unpaired) electrons. The van der Waals surface area contributed by atoms with Crippen LogP contribution < -0.4 is 5.32 Å². The minimum atomic E-state index is -0.506. The minimum absolute atomic E-state index is 0.0480. The van der Waals surface area contributed by atoms with Crippen LogP contribution in [0.15, 0.2) is 24.3 Å². The highest BCUT2D eigenvalue weighted by Crippen LogP contribution is 2.20. The Morgan fingerprint density at radius 1 is 1.33 bits per heavy atom. The van der Waals surface area contributed by atoms with Crippen molar-refractivity contribution in [2.24, 2.45) is 0 Å².